The first-order valence-electron chi connectivity index (χ1n) is 12.5. The molecule has 0 aliphatic heterocycles. The van der Waals surface area contributed by atoms with E-state index in [0.29, 0.717) is 18.0 Å². The van der Waals surface area contributed by atoms with Crippen LogP contribution < -0.4 is 0 Å². The van der Waals surface area contributed by atoms with Gasteiger partial charge in [0.25, 0.3) is 0 Å². The monoisotopic (exact) mass is 478 g/mol. The van der Waals surface area contributed by atoms with Crippen LogP contribution in [0.3, 0.4) is 0 Å². The maximum absolute atomic E-state index is 11.8. The average molecular weight is 479 g/mol. The molecular formula is C29H35ClN2O2. The summed E-state index contributed by atoms with van der Waals surface area (Å²) in [6.45, 7) is 2.69. The average Bonchev–Trinajstić information content (AvgIpc) is 3.31. The van der Waals surface area contributed by atoms with Crippen molar-refractivity contribution in [3.8, 4) is 0 Å². The molecule has 2 aliphatic carbocycles. The Labute approximate surface area is 208 Å². The molecule has 4 nitrogen and oxygen atoms in total. The lowest BCUT2D eigenvalue weighted by Gasteiger charge is -2.16. The highest BCUT2D eigenvalue weighted by atomic mass is 35.5. The summed E-state index contributed by atoms with van der Waals surface area (Å²) < 4.78 is 6.67. The summed E-state index contributed by atoms with van der Waals surface area (Å²) in [4.78, 5) is 11.8. The van der Waals surface area contributed by atoms with E-state index in [9.17, 15) is 4.79 Å². The Morgan fingerprint density at radius 2 is 1.47 bits per heavy atom. The van der Waals surface area contributed by atoms with Gasteiger partial charge in [-0.3, -0.25) is 4.68 Å². The Morgan fingerprint density at radius 1 is 0.912 bits per heavy atom. The minimum atomic E-state index is -0.312. The van der Waals surface area contributed by atoms with Gasteiger partial charge in [0.05, 0.1) is 19.3 Å². The summed E-state index contributed by atoms with van der Waals surface area (Å²) in [5.74, 6) is 0.335. The van der Waals surface area contributed by atoms with Crippen LogP contribution in [-0.2, 0) is 49.3 Å². The lowest BCUT2D eigenvalue weighted by molar-refractivity contribution is 0.0599. The first kappa shape index (κ1) is 24.5. The smallest absolute Gasteiger partial charge is 0.341 e. The maximum atomic E-state index is 11.8. The van der Waals surface area contributed by atoms with Gasteiger partial charge in [-0.1, -0.05) is 43.3 Å². The third kappa shape index (κ3) is 5.90. The van der Waals surface area contributed by atoms with Gasteiger partial charge >= 0.3 is 5.97 Å². The maximum Gasteiger partial charge on any atom is 0.341 e. The van der Waals surface area contributed by atoms with E-state index in [1.165, 1.54) is 91.9 Å². The molecule has 0 amide bonds. The SMILES string of the molecule is CCc1nn(Cc2ccc3c(c2)CCCC3)cc1C(=O)OC.ClCc1ccc2c(c1)CCCC2. The number of alkyl halides is 1. The van der Waals surface area contributed by atoms with Crippen molar-refractivity contribution in [2.75, 3.05) is 7.11 Å². The quantitative estimate of drug-likeness (QED) is 0.312. The molecule has 3 aromatic rings. The van der Waals surface area contributed by atoms with Gasteiger partial charge in [-0.05, 0) is 91.2 Å². The first-order chi connectivity index (χ1) is 16.6. The molecule has 0 spiro atoms. The van der Waals surface area contributed by atoms with Gasteiger partial charge in [-0.15, -0.1) is 11.6 Å². The predicted octanol–water partition coefficient (Wildman–Crippen LogP) is 6.46. The van der Waals surface area contributed by atoms with E-state index in [1.54, 1.807) is 6.20 Å². The van der Waals surface area contributed by atoms with E-state index in [4.69, 9.17) is 16.3 Å². The van der Waals surface area contributed by atoms with Crippen molar-refractivity contribution in [3.05, 3.63) is 87.2 Å². The van der Waals surface area contributed by atoms with Crippen molar-refractivity contribution in [1.29, 1.82) is 0 Å². The molecule has 0 unspecified atom stereocenters. The van der Waals surface area contributed by atoms with Gasteiger partial charge in [-0.25, -0.2) is 4.79 Å². The predicted molar refractivity (Wildman–Crippen MR) is 138 cm³/mol. The van der Waals surface area contributed by atoms with Crippen LogP contribution in [0.15, 0.2) is 42.6 Å². The van der Waals surface area contributed by atoms with Crippen LogP contribution in [-0.4, -0.2) is 22.9 Å². The van der Waals surface area contributed by atoms with Gasteiger partial charge in [-0.2, -0.15) is 5.10 Å². The number of fused-ring (bicyclic) bond motifs is 2. The minimum absolute atomic E-state index is 0.312. The molecule has 1 aromatic heterocycles. The number of esters is 1. The molecule has 0 atom stereocenters. The Bertz CT molecular complexity index is 1140. The fourth-order valence-electron chi connectivity index (χ4n) is 5.03. The van der Waals surface area contributed by atoms with Gasteiger partial charge in [0.2, 0.25) is 0 Å². The van der Waals surface area contributed by atoms with Crippen molar-refractivity contribution in [2.45, 2.75) is 77.1 Å². The normalized spacial score (nSPS) is 14.4. The third-order valence-electron chi connectivity index (χ3n) is 6.90. The topological polar surface area (TPSA) is 44.1 Å². The molecular weight excluding hydrogens is 444 g/mol. The van der Waals surface area contributed by atoms with Crippen LogP contribution in [0.25, 0.3) is 0 Å². The van der Waals surface area contributed by atoms with Crippen LogP contribution in [0.2, 0.25) is 0 Å². The summed E-state index contributed by atoms with van der Waals surface area (Å²) >= 11 is 5.77. The van der Waals surface area contributed by atoms with Gasteiger partial charge in [0.15, 0.2) is 0 Å². The Hall–Kier alpha value is -2.59. The fourth-order valence-corrected chi connectivity index (χ4v) is 5.19. The first-order valence-corrected chi connectivity index (χ1v) is 13.1. The van der Waals surface area contributed by atoms with Gasteiger partial charge in [0.1, 0.15) is 5.56 Å². The highest BCUT2D eigenvalue weighted by molar-refractivity contribution is 6.17. The highest BCUT2D eigenvalue weighted by Gasteiger charge is 2.16. The zero-order valence-electron chi connectivity index (χ0n) is 20.4. The lowest BCUT2D eigenvalue weighted by Crippen LogP contribution is -2.06. The number of carbonyl (C=O) groups is 1. The van der Waals surface area contributed by atoms with Crippen LogP contribution in [0.1, 0.15) is 82.0 Å². The standard InChI is InChI=1S/C18H22N2O2.C11H13Cl/c1-3-17-16(18(21)22-2)12-20(19-17)11-13-8-9-14-6-4-5-7-15(14)10-13;12-8-9-5-6-10-3-1-2-4-11(10)7-9/h8-10,12H,3-7,11H2,1-2H3;5-7H,1-4,8H2. The molecule has 0 bridgehead atoms. The molecule has 0 radical (unpaired) electrons. The Morgan fingerprint density at radius 3 is 2.03 bits per heavy atom. The van der Waals surface area contributed by atoms with Crippen LogP contribution in [0.4, 0.5) is 0 Å². The molecule has 1 heterocycles. The molecule has 0 fully saturated rings. The van der Waals surface area contributed by atoms with Crippen molar-refractivity contribution >= 4 is 17.6 Å². The Kier molecular flexibility index (Phi) is 8.44. The van der Waals surface area contributed by atoms with E-state index in [0.717, 1.165) is 12.1 Å². The number of aryl methyl sites for hydroxylation is 5. The van der Waals surface area contributed by atoms with Crippen molar-refractivity contribution in [3.63, 3.8) is 0 Å². The van der Waals surface area contributed by atoms with Crippen LogP contribution in [0.5, 0.6) is 0 Å². The summed E-state index contributed by atoms with van der Waals surface area (Å²) in [6, 6.07) is 13.4. The van der Waals surface area contributed by atoms with E-state index >= 15 is 0 Å². The van der Waals surface area contributed by atoms with Crippen molar-refractivity contribution < 1.29 is 9.53 Å². The number of halogens is 1. The molecule has 34 heavy (non-hydrogen) atoms. The van der Waals surface area contributed by atoms with E-state index in [-0.39, 0.29) is 5.97 Å². The van der Waals surface area contributed by atoms with Crippen molar-refractivity contribution in [1.82, 2.24) is 9.78 Å². The summed E-state index contributed by atoms with van der Waals surface area (Å²) in [5, 5.41) is 4.52. The largest absolute Gasteiger partial charge is 0.465 e. The van der Waals surface area contributed by atoms with Crippen LogP contribution in [0, 0.1) is 0 Å². The van der Waals surface area contributed by atoms with E-state index < -0.39 is 0 Å². The molecule has 2 aromatic carbocycles. The van der Waals surface area contributed by atoms with Gasteiger partial charge in [0, 0.05) is 12.1 Å². The second-order valence-electron chi connectivity index (χ2n) is 9.29. The van der Waals surface area contributed by atoms with E-state index in [2.05, 4.69) is 41.5 Å². The molecule has 0 saturated heterocycles. The summed E-state index contributed by atoms with van der Waals surface area (Å²) in [5.41, 5.74) is 9.89. The second-order valence-corrected chi connectivity index (χ2v) is 9.55. The molecule has 5 rings (SSSR count). The number of benzene rings is 2. The number of rotatable bonds is 5. The molecule has 0 N–H and O–H groups in total. The highest BCUT2D eigenvalue weighted by Crippen LogP contribution is 2.24. The zero-order chi connectivity index (χ0) is 23.9. The van der Waals surface area contributed by atoms with Crippen molar-refractivity contribution in [2.24, 2.45) is 0 Å². The Balaban J connectivity index is 0.000000192. The molecule has 180 valence electrons. The molecule has 5 heteroatoms. The number of hydrogen-bond donors (Lipinski definition) is 0. The lowest BCUT2D eigenvalue weighted by atomic mass is 9.90. The zero-order valence-corrected chi connectivity index (χ0v) is 21.2. The number of ether oxygens (including phenoxy) is 1. The summed E-state index contributed by atoms with van der Waals surface area (Å²) in [6.07, 6.45) is 12.7. The number of carbonyl (C=O) groups excluding carboxylic acids is 1. The molecule has 2 aliphatic rings. The van der Waals surface area contributed by atoms with Gasteiger partial charge < -0.3 is 4.74 Å². The van der Waals surface area contributed by atoms with E-state index in [1.807, 2.05) is 11.6 Å². The van der Waals surface area contributed by atoms with Crippen LogP contribution >= 0.6 is 11.6 Å². The fraction of sp³-hybridized carbons (Fsp3) is 0.448. The minimum Gasteiger partial charge on any atom is -0.465 e. The number of nitrogens with zero attached hydrogens (tertiary/aromatic N) is 2. The number of aromatic nitrogens is 2. The second kappa shape index (κ2) is 11.7. The molecule has 0 saturated carbocycles. The summed E-state index contributed by atoms with van der Waals surface area (Å²) in [7, 11) is 1.41. The number of methoxy groups -OCH3 is 1. The third-order valence-corrected chi connectivity index (χ3v) is 7.21. The number of hydrogen-bond acceptors (Lipinski definition) is 3.